The van der Waals surface area contributed by atoms with Gasteiger partial charge in [0.25, 0.3) is 5.56 Å². The van der Waals surface area contributed by atoms with Crippen molar-refractivity contribution in [2.75, 3.05) is 6.61 Å². The third kappa shape index (κ3) is 5.67. The number of pyridine rings is 1. The van der Waals surface area contributed by atoms with Crippen LogP contribution in [0.3, 0.4) is 0 Å². The first-order valence-corrected chi connectivity index (χ1v) is 15.1. The van der Waals surface area contributed by atoms with E-state index in [-0.39, 0.29) is 22.2 Å². The number of aliphatic hydroxyl groups is 1. The summed E-state index contributed by atoms with van der Waals surface area (Å²) in [6.45, 7) is 19.3. The second kappa shape index (κ2) is 9.44. The third-order valence-electron chi connectivity index (χ3n) is 5.89. The van der Waals surface area contributed by atoms with E-state index in [1.807, 2.05) is 19.1 Å². The van der Waals surface area contributed by atoms with Crippen molar-refractivity contribution in [3.63, 3.8) is 0 Å². The molecule has 0 saturated carbocycles. The van der Waals surface area contributed by atoms with Gasteiger partial charge in [-0.05, 0) is 42.2 Å². The Balaban J connectivity index is 2.63. The molecule has 0 fully saturated rings. The van der Waals surface area contributed by atoms with E-state index in [2.05, 4.69) is 54.6 Å². The molecular formula is C22H38N2O4Si2. The number of aromatic nitrogens is 2. The molecule has 30 heavy (non-hydrogen) atoms. The van der Waals surface area contributed by atoms with Gasteiger partial charge in [0, 0.05) is 36.0 Å². The quantitative estimate of drug-likeness (QED) is 0.512. The lowest BCUT2D eigenvalue weighted by atomic mass is 10.1. The first-order chi connectivity index (χ1) is 13.8. The van der Waals surface area contributed by atoms with Gasteiger partial charge in [0.2, 0.25) is 0 Å². The highest BCUT2D eigenvalue weighted by molar-refractivity contribution is 6.55. The highest BCUT2D eigenvalue weighted by atomic mass is 28.3. The van der Waals surface area contributed by atoms with Crippen molar-refractivity contribution < 1.29 is 14.0 Å². The minimum atomic E-state index is -1.61. The molecule has 2 aromatic heterocycles. The van der Waals surface area contributed by atoms with Gasteiger partial charge in [-0.1, -0.05) is 41.5 Å². The molecule has 2 rings (SSSR count). The predicted octanol–water partition coefficient (Wildman–Crippen LogP) is 3.88. The zero-order chi connectivity index (χ0) is 22.9. The molecule has 1 N–H and O–H groups in total. The van der Waals surface area contributed by atoms with E-state index in [1.165, 1.54) is 0 Å². The highest BCUT2D eigenvalue weighted by Crippen LogP contribution is 2.36. The summed E-state index contributed by atoms with van der Waals surface area (Å²) in [5, 5.41) is 9.48. The van der Waals surface area contributed by atoms with Crippen molar-refractivity contribution in [3.8, 4) is 0 Å². The summed E-state index contributed by atoms with van der Waals surface area (Å²) in [5.74, 6) is 0. The maximum atomic E-state index is 13.0. The molecule has 0 saturated heterocycles. The van der Waals surface area contributed by atoms with Crippen LogP contribution >= 0.6 is 0 Å². The Hall–Kier alpha value is -1.33. The van der Waals surface area contributed by atoms with E-state index in [0.29, 0.717) is 23.3 Å². The fraction of sp³-hybridized carbons (Fsp3) is 0.636. The molecule has 8 heteroatoms. The van der Waals surface area contributed by atoms with Gasteiger partial charge in [0.1, 0.15) is 5.65 Å². The molecule has 2 heterocycles. The molecule has 6 nitrogen and oxygen atoms in total. The van der Waals surface area contributed by atoms with E-state index in [4.69, 9.17) is 13.8 Å². The average molecular weight is 451 g/mol. The summed E-state index contributed by atoms with van der Waals surface area (Å²) in [6.07, 6.45) is 1.47. The van der Waals surface area contributed by atoms with Crippen LogP contribution in [0.2, 0.25) is 23.2 Å². The molecule has 2 unspecified atom stereocenters. The van der Waals surface area contributed by atoms with Crippen LogP contribution < -0.4 is 5.56 Å². The Morgan fingerprint density at radius 3 is 2.10 bits per heavy atom. The van der Waals surface area contributed by atoms with Gasteiger partial charge in [-0.3, -0.25) is 9.20 Å². The monoisotopic (exact) mass is 450 g/mol. The minimum Gasteiger partial charge on any atom is -0.396 e. The van der Waals surface area contributed by atoms with Crippen molar-refractivity contribution in [1.29, 1.82) is 0 Å². The Morgan fingerprint density at radius 1 is 1.10 bits per heavy atom. The van der Waals surface area contributed by atoms with Gasteiger partial charge >= 0.3 is 0 Å². The van der Waals surface area contributed by atoms with Crippen molar-refractivity contribution in [3.05, 3.63) is 45.5 Å². The molecule has 0 aliphatic carbocycles. The summed E-state index contributed by atoms with van der Waals surface area (Å²) in [4.78, 5) is 17.8. The van der Waals surface area contributed by atoms with Gasteiger partial charge in [-0.25, -0.2) is 4.98 Å². The van der Waals surface area contributed by atoms with Crippen LogP contribution in [-0.2, 0) is 15.3 Å². The molecular weight excluding hydrogens is 412 g/mol. The number of fused-ring (bicyclic) bond motifs is 1. The molecule has 0 spiro atoms. The summed E-state index contributed by atoms with van der Waals surface area (Å²) < 4.78 is 14.7. The summed E-state index contributed by atoms with van der Waals surface area (Å²) in [5.41, 5.74) is 2.40. The Bertz CT molecular complexity index is 910. The Labute approximate surface area is 183 Å². The second-order valence-corrected chi connectivity index (χ2v) is 16.8. The van der Waals surface area contributed by atoms with E-state index in [1.54, 1.807) is 10.6 Å². The molecule has 0 amide bonds. The second-order valence-electron chi connectivity index (χ2n) is 10.2. The maximum Gasteiger partial charge on any atom is 0.261 e. The molecule has 0 aliphatic heterocycles. The van der Waals surface area contributed by atoms with Crippen molar-refractivity contribution in [2.24, 2.45) is 0 Å². The van der Waals surface area contributed by atoms with E-state index in [9.17, 15) is 9.90 Å². The largest absolute Gasteiger partial charge is 0.396 e. The van der Waals surface area contributed by atoms with E-state index in [0.717, 1.165) is 5.56 Å². The number of rotatable bonds is 7. The van der Waals surface area contributed by atoms with Gasteiger partial charge in [-0.15, -0.1) is 0 Å². The number of hydrogen-bond acceptors (Lipinski definition) is 5. The average Bonchev–Trinajstić information content (AvgIpc) is 2.62. The SMILES string of the molecule is Cc1nc2c(C(O[SiH](C)C(C)(C)C)O[SiH](C)C(C)(C)C)cccn2c(=O)c1CCO. The van der Waals surface area contributed by atoms with Crippen LogP contribution in [0.5, 0.6) is 0 Å². The number of aryl methyl sites for hydroxylation is 1. The lowest BCUT2D eigenvalue weighted by Crippen LogP contribution is -2.34. The first kappa shape index (κ1) is 24.9. The number of nitrogens with zero attached hydrogens (tertiary/aromatic N) is 2. The third-order valence-corrected chi connectivity index (χ3v) is 12.1. The van der Waals surface area contributed by atoms with Crippen LogP contribution in [0, 0.1) is 6.92 Å². The lowest BCUT2D eigenvalue weighted by Gasteiger charge is -2.35. The van der Waals surface area contributed by atoms with E-state index < -0.39 is 24.4 Å². The smallest absolute Gasteiger partial charge is 0.261 e. The summed E-state index contributed by atoms with van der Waals surface area (Å²) >= 11 is 0. The fourth-order valence-electron chi connectivity index (χ4n) is 2.87. The zero-order valence-corrected chi connectivity index (χ0v) is 22.3. The topological polar surface area (TPSA) is 73.1 Å². The Kier molecular flexibility index (Phi) is 7.85. The summed E-state index contributed by atoms with van der Waals surface area (Å²) in [7, 11) is -3.22. The predicted molar refractivity (Wildman–Crippen MR) is 127 cm³/mol. The normalized spacial score (nSPS) is 15.9. The maximum absolute atomic E-state index is 13.0. The molecule has 0 radical (unpaired) electrons. The fourth-order valence-corrected chi connectivity index (χ4v) is 4.98. The number of hydrogen-bond donors (Lipinski definition) is 1. The highest BCUT2D eigenvalue weighted by Gasteiger charge is 2.32. The molecule has 168 valence electrons. The van der Waals surface area contributed by atoms with Gasteiger partial charge < -0.3 is 14.0 Å². The van der Waals surface area contributed by atoms with Crippen LogP contribution in [-0.4, -0.2) is 39.2 Å². The molecule has 0 aliphatic rings. The minimum absolute atomic E-state index is 0.0766. The Morgan fingerprint density at radius 2 is 1.63 bits per heavy atom. The van der Waals surface area contributed by atoms with Crippen LogP contribution in [0.4, 0.5) is 0 Å². The van der Waals surface area contributed by atoms with Gasteiger partial charge in [0.05, 0.1) is 0 Å². The zero-order valence-electron chi connectivity index (χ0n) is 19.9. The number of aliphatic hydroxyl groups excluding tert-OH is 1. The standard InChI is InChI=1S/C22H38N2O4Si2/c1-15-16(12-14-25)19(26)24-13-10-11-17(18(24)23-15)20(27-29(8)21(2,3)4)28-30(9)22(5,6)7/h10-11,13,20,25,29-30H,12,14H2,1-9H3. The molecule has 0 aromatic carbocycles. The first-order valence-electron chi connectivity index (χ1n) is 10.7. The van der Waals surface area contributed by atoms with Gasteiger partial charge in [-0.2, -0.15) is 0 Å². The lowest BCUT2D eigenvalue weighted by molar-refractivity contribution is -0.00683. The van der Waals surface area contributed by atoms with Crippen LogP contribution in [0.15, 0.2) is 23.1 Å². The van der Waals surface area contributed by atoms with E-state index >= 15 is 0 Å². The van der Waals surface area contributed by atoms with Gasteiger partial charge in [0.15, 0.2) is 24.4 Å². The molecule has 2 atom stereocenters. The molecule has 2 aromatic rings. The van der Waals surface area contributed by atoms with Crippen LogP contribution in [0.25, 0.3) is 5.65 Å². The van der Waals surface area contributed by atoms with Crippen molar-refractivity contribution in [1.82, 2.24) is 9.38 Å². The molecule has 0 bridgehead atoms. The van der Waals surface area contributed by atoms with Crippen molar-refractivity contribution >= 4 is 23.7 Å². The van der Waals surface area contributed by atoms with Crippen molar-refractivity contribution in [2.45, 2.75) is 84.3 Å². The van der Waals surface area contributed by atoms with Crippen LogP contribution in [0.1, 0.15) is 64.7 Å². The summed E-state index contributed by atoms with van der Waals surface area (Å²) in [6, 6.07) is 3.79.